The fourth-order valence-corrected chi connectivity index (χ4v) is 1.42. The molecule has 0 amide bonds. The van der Waals surface area contributed by atoms with Crippen molar-refractivity contribution in [2.45, 2.75) is 31.3 Å². The number of ether oxygens (including phenoxy) is 1. The summed E-state index contributed by atoms with van der Waals surface area (Å²) in [5.74, 6) is 0. The van der Waals surface area contributed by atoms with Gasteiger partial charge in [0.1, 0.15) is 0 Å². The Morgan fingerprint density at radius 2 is 2.25 bits per heavy atom. The summed E-state index contributed by atoms with van der Waals surface area (Å²) in [6.45, 7) is 2.48. The molecule has 1 aliphatic carbocycles. The zero-order valence-electron chi connectivity index (χ0n) is 7.81. The van der Waals surface area contributed by atoms with E-state index in [0.717, 1.165) is 39.0 Å². The Balaban J connectivity index is 1.88. The van der Waals surface area contributed by atoms with Crippen LogP contribution in [0.5, 0.6) is 0 Å². The van der Waals surface area contributed by atoms with E-state index in [0.29, 0.717) is 0 Å². The van der Waals surface area contributed by atoms with Crippen molar-refractivity contribution in [3.63, 3.8) is 0 Å². The molecule has 0 atom stereocenters. The van der Waals surface area contributed by atoms with Crippen LogP contribution in [0.15, 0.2) is 0 Å². The lowest BCUT2D eigenvalue weighted by Gasteiger charge is -2.36. The SMILES string of the molecule is COCCCNCC1(O)CCC1. The fraction of sp³-hybridized carbons (Fsp3) is 1.00. The lowest BCUT2D eigenvalue weighted by Crippen LogP contribution is -2.46. The molecule has 0 aromatic heterocycles. The molecule has 0 saturated heterocycles. The molecule has 1 aliphatic rings. The van der Waals surface area contributed by atoms with Gasteiger partial charge in [-0.1, -0.05) is 0 Å². The van der Waals surface area contributed by atoms with Gasteiger partial charge >= 0.3 is 0 Å². The molecule has 0 radical (unpaired) electrons. The zero-order chi connectivity index (χ0) is 8.86. The van der Waals surface area contributed by atoms with Crippen LogP contribution >= 0.6 is 0 Å². The molecule has 0 bridgehead atoms. The van der Waals surface area contributed by atoms with Gasteiger partial charge in [0.15, 0.2) is 0 Å². The van der Waals surface area contributed by atoms with Gasteiger partial charge in [-0.2, -0.15) is 0 Å². The number of methoxy groups -OCH3 is 1. The van der Waals surface area contributed by atoms with Gasteiger partial charge in [0.25, 0.3) is 0 Å². The molecule has 0 aromatic rings. The molecule has 1 fully saturated rings. The van der Waals surface area contributed by atoms with Crippen molar-refractivity contribution < 1.29 is 9.84 Å². The first kappa shape index (κ1) is 9.96. The number of hydrogen-bond acceptors (Lipinski definition) is 3. The Morgan fingerprint density at radius 1 is 1.50 bits per heavy atom. The third kappa shape index (κ3) is 3.09. The standard InChI is InChI=1S/C9H19NO2/c1-12-7-3-6-10-8-9(11)4-2-5-9/h10-11H,2-8H2,1H3. The minimum atomic E-state index is -0.382. The van der Waals surface area contributed by atoms with E-state index in [1.54, 1.807) is 7.11 Å². The first-order valence-corrected chi connectivity index (χ1v) is 4.69. The molecule has 0 aromatic carbocycles. The molecule has 3 heteroatoms. The lowest BCUT2D eigenvalue weighted by atomic mass is 9.80. The van der Waals surface area contributed by atoms with Crippen molar-refractivity contribution >= 4 is 0 Å². The van der Waals surface area contributed by atoms with E-state index in [1.165, 1.54) is 6.42 Å². The third-order valence-electron chi connectivity index (χ3n) is 2.44. The van der Waals surface area contributed by atoms with Crippen LogP contribution in [0.3, 0.4) is 0 Å². The Hall–Kier alpha value is -0.120. The van der Waals surface area contributed by atoms with Gasteiger partial charge in [-0.25, -0.2) is 0 Å². The van der Waals surface area contributed by atoms with Gasteiger partial charge in [-0.3, -0.25) is 0 Å². The zero-order valence-corrected chi connectivity index (χ0v) is 7.81. The van der Waals surface area contributed by atoms with E-state index in [4.69, 9.17) is 4.74 Å². The molecule has 0 unspecified atom stereocenters. The van der Waals surface area contributed by atoms with E-state index in [-0.39, 0.29) is 5.60 Å². The summed E-state index contributed by atoms with van der Waals surface area (Å²) in [4.78, 5) is 0. The molecule has 12 heavy (non-hydrogen) atoms. The fourth-order valence-electron chi connectivity index (χ4n) is 1.42. The maximum Gasteiger partial charge on any atom is 0.0771 e. The summed E-state index contributed by atoms with van der Waals surface area (Å²) >= 11 is 0. The highest BCUT2D eigenvalue weighted by Crippen LogP contribution is 2.30. The van der Waals surface area contributed by atoms with Crippen molar-refractivity contribution in [2.75, 3.05) is 26.8 Å². The summed E-state index contributed by atoms with van der Waals surface area (Å²) in [5, 5.41) is 12.9. The van der Waals surface area contributed by atoms with Crippen LogP contribution in [0.25, 0.3) is 0 Å². The molecular weight excluding hydrogens is 154 g/mol. The van der Waals surface area contributed by atoms with E-state index in [9.17, 15) is 5.11 Å². The second-order valence-electron chi connectivity index (χ2n) is 3.60. The normalized spacial score (nSPS) is 20.5. The molecule has 1 rings (SSSR count). The summed E-state index contributed by atoms with van der Waals surface area (Å²) in [5.41, 5.74) is -0.382. The summed E-state index contributed by atoms with van der Waals surface area (Å²) in [7, 11) is 1.71. The highest BCUT2D eigenvalue weighted by atomic mass is 16.5. The molecule has 3 nitrogen and oxygen atoms in total. The molecule has 72 valence electrons. The Bertz CT molecular complexity index is 124. The van der Waals surface area contributed by atoms with Crippen LogP contribution in [-0.4, -0.2) is 37.5 Å². The molecule has 1 saturated carbocycles. The number of rotatable bonds is 6. The average Bonchev–Trinajstić information content (AvgIpc) is 2.01. The average molecular weight is 173 g/mol. The van der Waals surface area contributed by atoms with Crippen LogP contribution in [0.1, 0.15) is 25.7 Å². The minimum absolute atomic E-state index is 0.382. The van der Waals surface area contributed by atoms with Gasteiger partial charge in [0.05, 0.1) is 5.60 Å². The van der Waals surface area contributed by atoms with Crippen molar-refractivity contribution in [1.29, 1.82) is 0 Å². The summed E-state index contributed by atoms with van der Waals surface area (Å²) < 4.78 is 4.91. The van der Waals surface area contributed by atoms with Crippen LogP contribution in [0.4, 0.5) is 0 Å². The van der Waals surface area contributed by atoms with Gasteiger partial charge in [-0.15, -0.1) is 0 Å². The quantitative estimate of drug-likeness (QED) is 0.576. The van der Waals surface area contributed by atoms with Gasteiger partial charge in [0.2, 0.25) is 0 Å². The van der Waals surface area contributed by atoms with Crippen molar-refractivity contribution in [3.8, 4) is 0 Å². The molecule has 2 N–H and O–H groups in total. The predicted octanol–water partition coefficient (Wildman–Crippen LogP) is 0.527. The smallest absolute Gasteiger partial charge is 0.0771 e. The Kier molecular flexibility index (Phi) is 3.98. The highest BCUT2D eigenvalue weighted by Gasteiger charge is 2.33. The van der Waals surface area contributed by atoms with Gasteiger partial charge in [-0.05, 0) is 32.2 Å². The Morgan fingerprint density at radius 3 is 2.75 bits per heavy atom. The molecule has 0 heterocycles. The largest absolute Gasteiger partial charge is 0.389 e. The van der Waals surface area contributed by atoms with Crippen LogP contribution in [0.2, 0.25) is 0 Å². The third-order valence-corrected chi connectivity index (χ3v) is 2.44. The van der Waals surface area contributed by atoms with Gasteiger partial charge in [0, 0.05) is 20.3 Å². The van der Waals surface area contributed by atoms with E-state index in [1.807, 2.05) is 0 Å². The van der Waals surface area contributed by atoms with E-state index in [2.05, 4.69) is 5.32 Å². The summed E-state index contributed by atoms with van der Waals surface area (Å²) in [6.07, 6.45) is 4.12. The van der Waals surface area contributed by atoms with Crippen LogP contribution < -0.4 is 5.32 Å². The number of hydrogen-bond donors (Lipinski definition) is 2. The molecular formula is C9H19NO2. The number of nitrogens with one attached hydrogen (secondary N) is 1. The Labute approximate surface area is 74.1 Å². The van der Waals surface area contributed by atoms with Crippen LogP contribution in [-0.2, 0) is 4.74 Å². The second kappa shape index (κ2) is 4.80. The first-order chi connectivity index (χ1) is 5.77. The van der Waals surface area contributed by atoms with E-state index >= 15 is 0 Å². The van der Waals surface area contributed by atoms with E-state index < -0.39 is 0 Å². The monoisotopic (exact) mass is 173 g/mol. The maximum absolute atomic E-state index is 9.67. The first-order valence-electron chi connectivity index (χ1n) is 4.69. The van der Waals surface area contributed by atoms with Crippen molar-refractivity contribution in [3.05, 3.63) is 0 Å². The van der Waals surface area contributed by atoms with Crippen molar-refractivity contribution in [2.24, 2.45) is 0 Å². The lowest BCUT2D eigenvalue weighted by molar-refractivity contribution is -0.0313. The molecule has 0 spiro atoms. The minimum Gasteiger partial charge on any atom is -0.389 e. The van der Waals surface area contributed by atoms with Gasteiger partial charge < -0.3 is 15.2 Å². The topological polar surface area (TPSA) is 41.5 Å². The predicted molar refractivity (Wildman–Crippen MR) is 48.2 cm³/mol. The second-order valence-corrected chi connectivity index (χ2v) is 3.60. The summed E-state index contributed by atoms with van der Waals surface area (Å²) in [6, 6.07) is 0. The van der Waals surface area contributed by atoms with Crippen LogP contribution in [0, 0.1) is 0 Å². The van der Waals surface area contributed by atoms with Crippen molar-refractivity contribution in [1.82, 2.24) is 5.32 Å². The highest BCUT2D eigenvalue weighted by molar-refractivity contribution is 4.89. The molecule has 0 aliphatic heterocycles. The maximum atomic E-state index is 9.67. The number of aliphatic hydroxyl groups is 1.